The van der Waals surface area contributed by atoms with Crippen LogP contribution in [0.3, 0.4) is 0 Å². The predicted octanol–water partition coefficient (Wildman–Crippen LogP) is 9.28. The summed E-state index contributed by atoms with van der Waals surface area (Å²) < 4.78 is 3.66. The number of para-hydroxylation sites is 1. The average molecular weight is 504 g/mol. The number of thiophene rings is 1. The molecule has 4 aromatic heterocycles. The normalized spacial score (nSPS) is 11.7. The highest BCUT2D eigenvalue weighted by Crippen LogP contribution is 2.42. The topological polar surface area (TPSA) is 30.7 Å². The van der Waals surface area contributed by atoms with Crippen molar-refractivity contribution in [3.63, 3.8) is 0 Å². The van der Waals surface area contributed by atoms with Gasteiger partial charge in [-0.2, -0.15) is 0 Å². The molecule has 4 heterocycles. The zero-order valence-electron chi connectivity index (χ0n) is 20.4. The predicted molar refractivity (Wildman–Crippen MR) is 160 cm³/mol. The van der Waals surface area contributed by atoms with E-state index in [4.69, 9.17) is 9.97 Å². The van der Waals surface area contributed by atoms with E-state index in [9.17, 15) is 0 Å². The van der Waals surface area contributed by atoms with Gasteiger partial charge in [-0.15, -0.1) is 11.3 Å². The highest BCUT2D eigenvalue weighted by Gasteiger charge is 2.20. The molecule has 0 aliphatic rings. The molecule has 178 valence electrons. The Bertz CT molecular complexity index is 2070. The molecule has 0 aliphatic heterocycles. The number of hydrogen-bond donors (Lipinski definition) is 0. The fraction of sp³-hybridized carbons (Fsp3) is 0. The summed E-state index contributed by atoms with van der Waals surface area (Å²) in [6, 6.07) is 42.6. The van der Waals surface area contributed by atoms with Gasteiger partial charge in [0.2, 0.25) is 0 Å². The van der Waals surface area contributed by atoms with Crippen molar-refractivity contribution in [3.05, 3.63) is 128 Å². The van der Waals surface area contributed by atoms with E-state index < -0.39 is 0 Å². The van der Waals surface area contributed by atoms with Gasteiger partial charge in [0.1, 0.15) is 4.83 Å². The van der Waals surface area contributed by atoms with Gasteiger partial charge < -0.3 is 4.57 Å². The fourth-order valence-electron chi connectivity index (χ4n) is 5.54. The third-order valence-electron chi connectivity index (χ3n) is 7.25. The molecule has 8 aromatic rings. The number of nitrogens with zero attached hydrogens (tertiary/aromatic N) is 3. The van der Waals surface area contributed by atoms with Gasteiger partial charge in [0.05, 0.1) is 28.1 Å². The molecule has 0 N–H and O–H groups in total. The second-order valence-electron chi connectivity index (χ2n) is 9.48. The van der Waals surface area contributed by atoms with Gasteiger partial charge in [-0.25, -0.2) is 9.97 Å². The molecule has 8 rings (SSSR count). The monoisotopic (exact) mass is 503 g/mol. The van der Waals surface area contributed by atoms with Crippen molar-refractivity contribution in [3.8, 4) is 28.2 Å². The van der Waals surface area contributed by atoms with Crippen LogP contribution in [0.25, 0.3) is 70.3 Å². The average Bonchev–Trinajstić information content (AvgIpc) is 3.53. The summed E-state index contributed by atoms with van der Waals surface area (Å²) in [5.74, 6) is 0. The van der Waals surface area contributed by atoms with Crippen LogP contribution in [0.4, 0.5) is 0 Å². The summed E-state index contributed by atoms with van der Waals surface area (Å²) >= 11 is 1.75. The second-order valence-corrected chi connectivity index (χ2v) is 10.5. The van der Waals surface area contributed by atoms with E-state index in [2.05, 4.69) is 114 Å². The number of hydrogen-bond acceptors (Lipinski definition) is 3. The first kappa shape index (κ1) is 21.3. The first-order chi connectivity index (χ1) is 18.8. The lowest BCUT2D eigenvalue weighted by Gasteiger charge is -2.13. The maximum atomic E-state index is 5.12. The van der Waals surface area contributed by atoms with Crippen molar-refractivity contribution in [2.45, 2.75) is 0 Å². The third kappa shape index (κ3) is 3.21. The van der Waals surface area contributed by atoms with Crippen LogP contribution in [0, 0.1) is 0 Å². The quantitative estimate of drug-likeness (QED) is 0.240. The minimum Gasteiger partial charge on any atom is -0.308 e. The molecule has 38 heavy (non-hydrogen) atoms. The molecule has 0 saturated carbocycles. The highest BCUT2D eigenvalue weighted by atomic mass is 32.1. The van der Waals surface area contributed by atoms with Gasteiger partial charge in [-0.3, -0.25) is 0 Å². The molecule has 0 atom stereocenters. The van der Waals surface area contributed by atoms with Crippen LogP contribution in [0.2, 0.25) is 0 Å². The summed E-state index contributed by atoms with van der Waals surface area (Å²) in [5.41, 5.74) is 7.54. The lowest BCUT2D eigenvalue weighted by molar-refractivity contribution is 1.16. The lowest BCUT2D eigenvalue weighted by Crippen LogP contribution is -1.98. The Labute approximate surface area is 223 Å². The summed E-state index contributed by atoms with van der Waals surface area (Å²) in [7, 11) is 0. The minimum atomic E-state index is 0.952. The van der Waals surface area contributed by atoms with Crippen molar-refractivity contribution in [2.24, 2.45) is 0 Å². The first-order valence-electron chi connectivity index (χ1n) is 12.7. The summed E-state index contributed by atoms with van der Waals surface area (Å²) in [4.78, 5) is 11.1. The highest BCUT2D eigenvalue weighted by molar-refractivity contribution is 7.25. The number of pyridine rings is 2. The van der Waals surface area contributed by atoms with Gasteiger partial charge in [-0.05, 0) is 24.3 Å². The van der Waals surface area contributed by atoms with Crippen LogP contribution in [-0.2, 0) is 0 Å². The van der Waals surface area contributed by atoms with E-state index in [1.165, 1.54) is 26.4 Å². The van der Waals surface area contributed by atoms with Crippen molar-refractivity contribution in [1.82, 2.24) is 14.5 Å². The Morgan fingerprint density at radius 3 is 1.89 bits per heavy atom. The Kier molecular flexibility index (Phi) is 4.69. The molecule has 0 aliphatic carbocycles. The molecule has 0 unspecified atom stereocenters. The molecule has 0 fully saturated rings. The molecule has 4 heteroatoms. The van der Waals surface area contributed by atoms with E-state index in [0.717, 1.165) is 43.9 Å². The Hall–Kier alpha value is -4.80. The van der Waals surface area contributed by atoms with Crippen molar-refractivity contribution in [2.75, 3.05) is 0 Å². The fourth-order valence-corrected chi connectivity index (χ4v) is 6.59. The lowest BCUT2D eigenvalue weighted by atomic mass is 10.1. The molecule has 0 bridgehead atoms. The second kappa shape index (κ2) is 8.37. The molecule has 4 aromatic carbocycles. The number of aromatic nitrogens is 3. The van der Waals surface area contributed by atoms with Gasteiger partial charge in [0.25, 0.3) is 0 Å². The number of fused-ring (bicyclic) bond motifs is 7. The SMILES string of the molecule is c1ccc(-c2cc(-n3c4ccccc4c4cnc5sc6ccccc6c5c43)cc(-c3ccccc3)n2)cc1. The van der Waals surface area contributed by atoms with E-state index in [0.29, 0.717) is 0 Å². The van der Waals surface area contributed by atoms with Gasteiger partial charge in [0, 0.05) is 43.6 Å². The smallest absolute Gasteiger partial charge is 0.126 e. The van der Waals surface area contributed by atoms with E-state index in [-0.39, 0.29) is 0 Å². The number of rotatable bonds is 3. The Balaban J connectivity index is 1.54. The van der Waals surface area contributed by atoms with Crippen LogP contribution in [-0.4, -0.2) is 14.5 Å². The van der Waals surface area contributed by atoms with Crippen molar-refractivity contribution < 1.29 is 0 Å². The summed E-state index contributed by atoms with van der Waals surface area (Å²) in [6.07, 6.45) is 2.04. The molecule has 0 amide bonds. The number of benzene rings is 4. The van der Waals surface area contributed by atoms with Crippen LogP contribution in [0.15, 0.2) is 128 Å². The zero-order chi connectivity index (χ0) is 25.1. The summed E-state index contributed by atoms with van der Waals surface area (Å²) in [6.45, 7) is 0. The minimum absolute atomic E-state index is 0.952. The summed E-state index contributed by atoms with van der Waals surface area (Å²) in [5, 5.41) is 4.82. The Morgan fingerprint density at radius 1 is 0.579 bits per heavy atom. The van der Waals surface area contributed by atoms with Gasteiger partial charge in [0.15, 0.2) is 0 Å². The molecular formula is C34H21N3S. The molecule has 0 radical (unpaired) electrons. The largest absolute Gasteiger partial charge is 0.308 e. The maximum absolute atomic E-state index is 5.12. The maximum Gasteiger partial charge on any atom is 0.126 e. The standard InChI is InChI=1S/C34H21N3S/c1-3-11-22(12-4-1)28-19-24(20-29(36-28)23-13-5-2-6-14-23)37-30-17-9-7-15-25(30)27-21-35-34-32(33(27)37)26-16-8-10-18-31(26)38-34/h1-21H. The third-order valence-corrected chi connectivity index (χ3v) is 8.32. The van der Waals surface area contributed by atoms with Crippen LogP contribution in [0.1, 0.15) is 0 Å². The van der Waals surface area contributed by atoms with E-state index in [1.54, 1.807) is 11.3 Å². The Morgan fingerprint density at radius 2 is 1.18 bits per heavy atom. The van der Waals surface area contributed by atoms with Crippen molar-refractivity contribution >= 4 is 53.4 Å². The molecule has 3 nitrogen and oxygen atoms in total. The molecule has 0 spiro atoms. The molecule has 0 saturated heterocycles. The first-order valence-corrected chi connectivity index (χ1v) is 13.5. The zero-order valence-corrected chi connectivity index (χ0v) is 21.2. The van der Waals surface area contributed by atoms with Crippen molar-refractivity contribution in [1.29, 1.82) is 0 Å². The van der Waals surface area contributed by atoms with E-state index >= 15 is 0 Å². The van der Waals surface area contributed by atoms with Gasteiger partial charge >= 0.3 is 0 Å². The van der Waals surface area contributed by atoms with Crippen LogP contribution >= 0.6 is 11.3 Å². The van der Waals surface area contributed by atoms with E-state index in [1.807, 2.05) is 18.3 Å². The molecular weight excluding hydrogens is 482 g/mol. The van der Waals surface area contributed by atoms with Crippen LogP contribution in [0.5, 0.6) is 0 Å². The van der Waals surface area contributed by atoms with Gasteiger partial charge in [-0.1, -0.05) is 97.1 Å². The van der Waals surface area contributed by atoms with Crippen LogP contribution < -0.4 is 0 Å².